The molecule has 1 amide bonds. The fourth-order valence-electron chi connectivity index (χ4n) is 2.02. The second-order valence-corrected chi connectivity index (χ2v) is 4.27. The van der Waals surface area contributed by atoms with Gasteiger partial charge in [0.25, 0.3) is 5.91 Å². The molecule has 0 fully saturated rings. The van der Waals surface area contributed by atoms with E-state index in [9.17, 15) is 4.79 Å². The molecular weight excluding hydrogens is 254 g/mol. The third-order valence-electron chi connectivity index (χ3n) is 2.97. The average molecular weight is 267 g/mol. The number of carbonyl (C=O) groups excluding carboxylic acids is 1. The first-order valence-electron chi connectivity index (χ1n) is 6.15. The quantitative estimate of drug-likeness (QED) is 0.679. The lowest BCUT2D eigenvalue weighted by molar-refractivity contribution is 0.102. The molecule has 100 valence electrons. The zero-order valence-electron chi connectivity index (χ0n) is 10.8. The number of pyridine rings is 1. The van der Waals surface area contributed by atoms with Crippen LogP contribution in [0.5, 0.6) is 0 Å². The number of anilines is 2. The summed E-state index contributed by atoms with van der Waals surface area (Å²) in [6.07, 6.45) is 3.15. The summed E-state index contributed by atoms with van der Waals surface area (Å²) in [5.41, 5.74) is 0.963. The van der Waals surface area contributed by atoms with E-state index < -0.39 is 0 Å². The first-order chi connectivity index (χ1) is 9.78. The van der Waals surface area contributed by atoms with Gasteiger partial charge in [0.1, 0.15) is 11.5 Å². The van der Waals surface area contributed by atoms with Crippen LogP contribution in [0.25, 0.3) is 10.8 Å². The van der Waals surface area contributed by atoms with Gasteiger partial charge in [-0.15, -0.1) is 0 Å². The number of amides is 1. The van der Waals surface area contributed by atoms with Crippen LogP contribution in [0.1, 0.15) is 10.5 Å². The monoisotopic (exact) mass is 267 g/mol. The van der Waals surface area contributed by atoms with Crippen molar-refractivity contribution in [3.05, 3.63) is 48.4 Å². The largest absolute Gasteiger partial charge is 0.373 e. The van der Waals surface area contributed by atoms with Gasteiger partial charge in [0, 0.05) is 18.6 Å². The molecule has 0 unspecified atom stereocenters. The number of fused-ring (bicyclic) bond motifs is 1. The van der Waals surface area contributed by atoms with Gasteiger partial charge >= 0.3 is 0 Å². The highest BCUT2D eigenvalue weighted by molar-refractivity contribution is 6.06. The minimum absolute atomic E-state index is 0.270. The zero-order valence-corrected chi connectivity index (χ0v) is 10.8. The number of rotatable bonds is 3. The summed E-state index contributed by atoms with van der Waals surface area (Å²) >= 11 is 0. The smallest absolute Gasteiger partial charge is 0.274 e. The molecule has 0 bridgehead atoms. The highest BCUT2D eigenvalue weighted by Crippen LogP contribution is 2.22. The van der Waals surface area contributed by atoms with E-state index >= 15 is 0 Å². The van der Waals surface area contributed by atoms with Gasteiger partial charge in [-0.3, -0.25) is 9.89 Å². The number of hydrogen-bond acceptors (Lipinski definition) is 4. The molecule has 0 radical (unpaired) electrons. The SMILES string of the molecule is CNc1nc(C(=O)Nc2cn[nH]c2)cc2ccccc12. The van der Waals surface area contributed by atoms with Crippen LogP contribution in [0, 0.1) is 0 Å². The second-order valence-electron chi connectivity index (χ2n) is 4.27. The number of benzene rings is 1. The van der Waals surface area contributed by atoms with E-state index in [1.165, 1.54) is 6.20 Å². The lowest BCUT2D eigenvalue weighted by Gasteiger charge is -2.08. The maximum atomic E-state index is 12.2. The third-order valence-corrected chi connectivity index (χ3v) is 2.97. The summed E-state index contributed by atoms with van der Waals surface area (Å²) in [5, 5.41) is 14.1. The predicted octanol–water partition coefficient (Wildman–Crippen LogP) is 2.25. The van der Waals surface area contributed by atoms with Crippen LogP contribution in [0.2, 0.25) is 0 Å². The van der Waals surface area contributed by atoms with Crippen molar-refractivity contribution in [3.63, 3.8) is 0 Å². The van der Waals surface area contributed by atoms with Crippen molar-refractivity contribution in [3.8, 4) is 0 Å². The molecule has 0 spiro atoms. The fraction of sp³-hybridized carbons (Fsp3) is 0.0714. The van der Waals surface area contributed by atoms with Gasteiger partial charge in [-0.1, -0.05) is 24.3 Å². The highest BCUT2D eigenvalue weighted by Gasteiger charge is 2.12. The molecule has 6 heteroatoms. The van der Waals surface area contributed by atoms with Crippen molar-refractivity contribution in [2.24, 2.45) is 0 Å². The number of carbonyl (C=O) groups is 1. The molecule has 3 aromatic rings. The topological polar surface area (TPSA) is 82.7 Å². The van der Waals surface area contributed by atoms with Crippen molar-refractivity contribution >= 4 is 28.2 Å². The summed E-state index contributed by atoms with van der Waals surface area (Å²) in [4.78, 5) is 16.5. The van der Waals surface area contributed by atoms with Crippen molar-refractivity contribution in [2.45, 2.75) is 0 Å². The van der Waals surface area contributed by atoms with Crippen LogP contribution in [-0.2, 0) is 0 Å². The number of nitrogens with zero attached hydrogens (tertiary/aromatic N) is 2. The van der Waals surface area contributed by atoms with E-state index in [0.29, 0.717) is 17.2 Å². The second kappa shape index (κ2) is 5.00. The van der Waals surface area contributed by atoms with Gasteiger partial charge in [-0.2, -0.15) is 5.10 Å². The molecule has 0 atom stereocenters. The number of aromatic nitrogens is 3. The van der Waals surface area contributed by atoms with E-state index in [1.807, 2.05) is 24.3 Å². The normalized spacial score (nSPS) is 10.4. The first kappa shape index (κ1) is 12.2. The van der Waals surface area contributed by atoms with Gasteiger partial charge in [0.2, 0.25) is 0 Å². The lowest BCUT2D eigenvalue weighted by atomic mass is 10.1. The van der Waals surface area contributed by atoms with Gasteiger partial charge in [0.05, 0.1) is 11.9 Å². The van der Waals surface area contributed by atoms with Gasteiger partial charge in [-0.05, 0) is 11.5 Å². The minimum Gasteiger partial charge on any atom is -0.373 e. The van der Waals surface area contributed by atoms with Crippen molar-refractivity contribution in [2.75, 3.05) is 17.7 Å². The Morgan fingerprint density at radius 2 is 2.15 bits per heavy atom. The zero-order chi connectivity index (χ0) is 13.9. The number of hydrogen-bond donors (Lipinski definition) is 3. The summed E-state index contributed by atoms with van der Waals surface area (Å²) in [7, 11) is 1.78. The summed E-state index contributed by atoms with van der Waals surface area (Å²) < 4.78 is 0. The number of aromatic amines is 1. The molecule has 2 heterocycles. The highest BCUT2D eigenvalue weighted by atomic mass is 16.1. The summed E-state index contributed by atoms with van der Waals surface area (Å²) in [5.74, 6) is 0.411. The Hall–Kier alpha value is -2.89. The molecule has 0 saturated carbocycles. The molecular formula is C14H13N5O. The van der Waals surface area contributed by atoms with Crippen molar-refractivity contribution < 1.29 is 4.79 Å². The maximum absolute atomic E-state index is 12.2. The van der Waals surface area contributed by atoms with E-state index in [4.69, 9.17) is 0 Å². The summed E-state index contributed by atoms with van der Waals surface area (Å²) in [6, 6.07) is 9.56. The Morgan fingerprint density at radius 1 is 1.30 bits per heavy atom. The van der Waals surface area contributed by atoms with Crippen molar-refractivity contribution in [1.29, 1.82) is 0 Å². The number of H-pyrrole nitrogens is 1. The first-order valence-corrected chi connectivity index (χ1v) is 6.15. The fourth-order valence-corrected chi connectivity index (χ4v) is 2.02. The molecule has 0 aliphatic heterocycles. The average Bonchev–Trinajstić information content (AvgIpc) is 2.99. The Morgan fingerprint density at radius 3 is 2.90 bits per heavy atom. The van der Waals surface area contributed by atoms with Crippen LogP contribution in [0.4, 0.5) is 11.5 Å². The van der Waals surface area contributed by atoms with Crippen LogP contribution < -0.4 is 10.6 Å². The maximum Gasteiger partial charge on any atom is 0.274 e. The summed E-state index contributed by atoms with van der Waals surface area (Å²) in [6.45, 7) is 0. The molecule has 0 saturated heterocycles. The Kier molecular flexibility index (Phi) is 3.04. The third kappa shape index (κ3) is 2.18. The minimum atomic E-state index is -0.270. The van der Waals surface area contributed by atoms with E-state index in [0.717, 1.165) is 10.8 Å². The molecule has 3 N–H and O–H groups in total. The van der Waals surface area contributed by atoms with Gasteiger partial charge < -0.3 is 10.6 Å². The van der Waals surface area contributed by atoms with Gasteiger partial charge in [-0.25, -0.2) is 4.98 Å². The molecule has 0 aliphatic carbocycles. The molecule has 3 rings (SSSR count). The van der Waals surface area contributed by atoms with E-state index in [1.54, 1.807) is 19.3 Å². The van der Waals surface area contributed by atoms with Crippen molar-refractivity contribution in [1.82, 2.24) is 15.2 Å². The van der Waals surface area contributed by atoms with Gasteiger partial charge in [0.15, 0.2) is 0 Å². The van der Waals surface area contributed by atoms with Crippen LogP contribution in [-0.4, -0.2) is 28.1 Å². The van der Waals surface area contributed by atoms with Crippen LogP contribution >= 0.6 is 0 Å². The Balaban J connectivity index is 2.01. The van der Waals surface area contributed by atoms with Crippen LogP contribution in [0.3, 0.4) is 0 Å². The Bertz CT molecular complexity index is 751. The predicted molar refractivity (Wildman–Crippen MR) is 77.8 cm³/mol. The van der Waals surface area contributed by atoms with Crippen LogP contribution in [0.15, 0.2) is 42.7 Å². The molecule has 20 heavy (non-hydrogen) atoms. The van der Waals surface area contributed by atoms with E-state index in [2.05, 4.69) is 25.8 Å². The number of nitrogens with one attached hydrogen (secondary N) is 3. The molecule has 0 aliphatic rings. The standard InChI is InChI=1S/C14H13N5O/c1-15-13-11-5-3-2-4-9(11)6-12(19-13)14(20)18-10-7-16-17-8-10/h2-8H,1H3,(H,15,19)(H,16,17)(H,18,20). The molecule has 2 aromatic heterocycles. The van der Waals surface area contributed by atoms with E-state index in [-0.39, 0.29) is 5.91 Å². The molecule has 1 aromatic carbocycles. The molecule has 6 nitrogen and oxygen atoms in total. The lowest BCUT2D eigenvalue weighted by Crippen LogP contribution is -2.14. The Labute approximate surface area is 115 Å².